The number of carbonyl (C=O) groups is 2. The molecule has 0 amide bonds. The molecule has 6 nitrogen and oxygen atoms in total. The molecule has 3 N–H and O–H groups in total. The number of benzene rings is 1. The summed E-state index contributed by atoms with van der Waals surface area (Å²) in [5.74, 6) is -1.78. The maximum Gasteiger partial charge on any atom is 0.354 e. The molecule has 7 heteroatoms. The second-order valence-electron chi connectivity index (χ2n) is 6.08. The lowest BCUT2D eigenvalue weighted by Crippen LogP contribution is -2.45. The van der Waals surface area contributed by atoms with Gasteiger partial charge in [-0.3, -0.25) is 15.1 Å². The average Bonchev–Trinajstić information content (AvgIpc) is 2.66. The maximum absolute atomic E-state index is 11.7. The summed E-state index contributed by atoms with van der Waals surface area (Å²) >= 11 is 1.33. The Kier molecular flexibility index (Phi) is 8.29. The standard InChI is InChI=1S/C20H24N2O4S/c1-2-3-4-8-11-15-13-27-18(22-16(15)19(23)24)17(20(25)26)21-12-14-9-6-5-7-10-14/h4-11,17-18,21H,2-3,12-13H2,1H3,(H,23,24)(H,25,26)/b8-4+,15-11+. The van der Waals surface area contributed by atoms with Crippen LogP contribution in [0.3, 0.4) is 0 Å². The Morgan fingerprint density at radius 1 is 1.33 bits per heavy atom. The van der Waals surface area contributed by atoms with Gasteiger partial charge in [0.05, 0.1) is 0 Å². The highest BCUT2D eigenvalue weighted by Crippen LogP contribution is 2.27. The van der Waals surface area contributed by atoms with Gasteiger partial charge in [0.15, 0.2) is 0 Å². The lowest BCUT2D eigenvalue weighted by Gasteiger charge is -2.26. The number of carboxylic acids is 2. The maximum atomic E-state index is 11.7. The van der Waals surface area contributed by atoms with Gasteiger partial charge in [-0.05, 0) is 17.6 Å². The number of carboxylic acid groups (broad SMARTS) is 2. The molecule has 0 saturated heterocycles. The van der Waals surface area contributed by atoms with Crippen LogP contribution >= 0.6 is 11.8 Å². The summed E-state index contributed by atoms with van der Waals surface area (Å²) < 4.78 is 0. The van der Waals surface area contributed by atoms with E-state index in [4.69, 9.17) is 0 Å². The Balaban J connectivity index is 2.15. The fourth-order valence-electron chi connectivity index (χ4n) is 2.56. The van der Waals surface area contributed by atoms with E-state index < -0.39 is 23.4 Å². The van der Waals surface area contributed by atoms with Crippen LogP contribution in [0.5, 0.6) is 0 Å². The average molecular weight is 388 g/mol. The Morgan fingerprint density at radius 3 is 2.70 bits per heavy atom. The fourth-order valence-corrected chi connectivity index (χ4v) is 3.73. The minimum Gasteiger partial charge on any atom is -0.480 e. The molecule has 0 spiro atoms. The van der Waals surface area contributed by atoms with Crippen molar-refractivity contribution in [3.05, 3.63) is 59.7 Å². The first-order valence-electron chi connectivity index (χ1n) is 8.81. The quantitative estimate of drug-likeness (QED) is 0.601. The molecule has 0 radical (unpaired) electrons. The highest BCUT2D eigenvalue weighted by atomic mass is 32.2. The Morgan fingerprint density at radius 2 is 2.07 bits per heavy atom. The van der Waals surface area contributed by atoms with E-state index in [1.807, 2.05) is 42.5 Å². The molecule has 1 aliphatic heterocycles. The number of unbranched alkanes of at least 4 members (excludes halogenated alkanes) is 1. The van der Waals surface area contributed by atoms with Crippen LogP contribution < -0.4 is 5.32 Å². The molecule has 2 atom stereocenters. The largest absolute Gasteiger partial charge is 0.480 e. The first kappa shape index (κ1) is 20.9. The highest BCUT2D eigenvalue weighted by Gasteiger charge is 2.33. The lowest BCUT2D eigenvalue weighted by molar-refractivity contribution is -0.139. The van der Waals surface area contributed by atoms with Gasteiger partial charge in [0, 0.05) is 12.3 Å². The number of thioether (sulfide) groups is 1. The van der Waals surface area contributed by atoms with E-state index in [-0.39, 0.29) is 5.71 Å². The van der Waals surface area contributed by atoms with Gasteiger partial charge < -0.3 is 10.2 Å². The molecule has 2 unspecified atom stereocenters. The summed E-state index contributed by atoms with van der Waals surface area (Å²) in [7, 11) is 0. The highest BCUT2D eigenvalue weighted by molar-refractivity contribution is 8.00. The molecule has 0 saturated carbocycles. The van der Waals surface area contributed by atoms with Gasteiger partial charge >= 0.3 is 11.9 Å². The third kappa shape index (κ3) is 6.37. The topological polar surface area (TPSA) is 99.0 Å². The van der Waals surface area contributed by atoms with Crippen LogP contribution in [0.2, 0.25) is 0 Å². The van der Waals surface area contributed by atoms with Gasteiger partial charge in [-0.2, -0.15) is 0 Å². The first-order valence-corrected chi connectivity index (χ1v) is 9.86. The molecule has 1 aromatic rings. The second-order valence-corrected chi connectivity index (χ2v) is 7.18. The third-order valence-corrected chi connectivity index (χ3v) is 5.18. The summed E-state index contributed by atoms with van der Waals surface area (Å²) in [5, 5.41) is 21.3. The minimum absolute atomic E-state index is 0.0624. The van der Waals surface area contributed by atoms with E-state index in [0.29, 0.717) is 17.9 Å². The van der Waals surface area contributed by atoms with Crippen molar-refractivity contribution in [3.8, 4) is 0 Å². The Labute approximate surface area is 163 Å². The SMILES string of the molecule is CCC/C=C/C=C1\CSC(C(NCc2ccccc2)C(=O)O)N=C1C(=O)O. The number of aliphatic imine (C=N–C) groups is 1. The van der Waals surface area contributed by atoms with Gasteiger partial charge in [-0.25, -0.2) is 4.79 Å². The van der Waals surface area contributed by atoms with Gasteiger partial charge in [0.1, 0.15) is 17.1 Å². The monoisotopic (exact) mass is 388 g/mol. The normalized spacial score (nSPS) is 19.8. The van der Waals surface area contributed by atoms with Crippen LogP contribution in [0.25, 0.3) is 0 Å². The van der Waals surface area contributed by atoms with Gasteiger partial charge in [0.2, 0.25) is 0 Å². The van der Waals surface area contributed by atoms with Crippen molar-refractivity contribution in [1.29, 1.82) is 0 Å². The number of hydrogen-bond donors (Lipinski definition) is 3. The predicted octanol–water partition coefficient (Wildman–Crippen LogP) is 3.11. The van der Waals surface area contributed by atoms with Crippen LogP contribution in [0.1, 0.15) is 25.3 Å². The second kappa shape index (κ2) is 10.7. The van der Waals surface area contributed by atoms with Crippen molar-refractivity contribution < 1.29 is 19.8 Å². The molecule has 2 rings (SSSR count). The molecule has 0 bridgehead atoms. The van der Waals surface area contributed by atoms with E-state index in [9.17, 15) is 19.8 Å². The molecule has 1 heterocycles. The predicted molar refractivity (Wildman–Crippen MR) is 108 cm³/mol. The van der Waals surface area contributed by atoms with Crippen LogP contribution in [-0.2, 0) is 16.1 Å². The molecular weight excluding hydrogens is 364 g/mol. The van der Waals surface area contributed by atoms with Gasteiger partial charge in [0.25, 0.3) is 0 Å². The van der Waals surface area contributed by atoms with Gasteiger partial charge in [-0.15, -0.1) is 11.8 Å². The lowest BCUT2D eigenvalue weighted by atomic mass is 10.1. The third-order valence-electron chi connectivity index (χ3n) is 3.98. The summed E-state index contributed by atoms with van der Waals surface area (Å²) in [6.07, 6.45) is 7.50. The van der Waals surface area contributed by atoms with Crippen molar-refractivity contribution in [2.24, 2.45) is 4.99 Å². The smallest absolute Gasteiger partial charge is 0.354 e. The molecule has 0 aromatic heterocycles. The molecular formula is C20H24N2O4S. The number of hydrogen-bond acceptors (Lipinski definition) is 5. The molecule has 27 heavy (non-hydrogen) atoms. The summed E-state index contributed by atoms with van der Waals surface area (Å²) in [4.78, 5) is 27.5. The molecule has 1 aromatic carbocycles. The van der Waals surface area contributed by atoms with E-state index in [1.54, 1.807) is 6.08 Å². The van der Waals surface area contributed by atoms with E-state index in [1.165, 1.54) is 11.8 Å². The summed E-state index contributed by atoms with van der Waals surface area (Å²) in [5.41, 5.74) is 1.49. The summed E-state index contributed by atoms with van der Waals surface area (Å²) in [6, 6.07) is 8.48. The van der Waals surface area contributed by atoms with E-state index >= 15 is 0 Å². The van der Waals surface area contributed by atoms with Crippen LogP contribution in [0, 0.1) is 0 Å². The number of aliphatic carboxylic acids is 2. The Bertz CT molecular complexity index is 744. The summed E-state index contributed by atoms with van der Waals surface area (Å²) in [6.45, 7) is 2.44. The molecule has 1 aliphatic rings. The van der Waals surface area contributed by atoms with Crippen molar-refractivity contribution >= 4 is 29.4 Å². The zero-order chi connectivity index (χ0) is 19.6. The van der Waals surface area contributed by atoms with E-state index in [0.717, 1.165) is 18.4 Å². The van der Waals surface area contributed by atoms with Crippen LogP contribution in [0.15, 0.2) is 59.1 Å². The zero-order valence-electron chi connectivity index (χ0n) is 15.2. The fraction of sp³-hybridized carbons (Fsp3) is 0.350. The minimum atomic E-state index is -1.14. The first-order chi connectivity index (χ1) is 13.0. The number of rotatable bonds is 9. The molecule has 0 aliphatic carbocycles. The molecule has 0 fully saturated rings. The Hall–Kier alpha value is -2.38. The molecule has 144 valence electrons. The van der Waals surface area contributed by atoms with Crippen LogP contribution in [0.4, 0.5) is 0 Å². The van der Waals surface area contributed by atoms with Crippen molar-refractivity contribution in [3.63, 3.8) is 0 Å². The van der Waals surface area contributed by atoms with Crippen molar-refractivity contribution in [2.45, 2.75) is 37.7 Å². The van der Waals surface area contributed by atoms with Crippen molar-refractivity contribution in [1.82, 2.24) is 5.32 Å². The zero-order valence-corrected chi connectivity index (χ0v) is 16.0. The number of nitrogens with zero attached hydrogens (tertiary/aromatic N) is 1. The van der Waals surface area contributed by atoms with Crippen molar-refractivity contribution in [2.75, 3.05) is 5.75 Å². The number of nitrogens with one attached hydrogen (secondary N) is 1. The van der Waals surface area contributed by atoms with Crippen LogP contribution in [-0.4, -0.2) is 45.0 Å². The van der Waals surface area contributed by atoms with Gasteiger partial charge in [-0.1, -0.05) is 61.9 Å². The van der Waals surface area contributed by atoms with E-state index in [2.05, 4.69) is 17.2 Å². The number of allylic oxidation sites excluding steroid dienone is 3.